The van der Waals surface area contributed by atoms with Crippen LogP contribution in [0.25, 0.3) is 0 Å². The summed E-state index contributed by atoms with van der Waals surface area (Å²) in [5.74, 6) is 0.275. The Labute approximate surface area is 148 Å². The first-order valence-electron chi connectivity index (χ1n) is 7.63. The zero-order valence-corrected chi connectivity index (χ0v) is 16.8. The van der Waals surface area contributed by atoms with Crippen molar-refractivity contribution >= 4 is 47.5 Å². The second-order valence-corrected chi connectivity index (χ2v) is 16.1. The average Bonchev–Trinajstić information content (AvgIpc) is 2.92. The minimum absolute atomic E-state index is 0.137. The fourth-order valence-electron chi connectivity index (χ4n) is 2.41. The quantitative estimate of drug-likeness (QED) is 0.670. The van der Waals surface area contributed by atoms with Gasteiger partial charge in [-0.1, -0.05) is 0 Å². The summed E-state index contributed by atoms with van der Waals surface area (Å²) in [6.07, 6.45) is 0.268. The van der Waals surface area contributed by atoms with Gasteiger partial charge >= 0.3 is 149 Å². The van der Waals surface area contributed by atoms with E-state index >= 15 is 0 Å². The van der Waals surface area contributed by atoms with Crippen LogP contribution in [0.5, 0.6) is 0 Å². The predicted molar refractivity (Wildman–Crippen MR) is 97.9 cm³/mol. The third kappa shape index (κ3) is 4.63. The summed E-state index contributed by atoms with van der Waals surface area (Å²) in [5, 5.41) is 6.42. The Balaban J connectivity index is 2.18. The maximum absolute atomic E-state index is 12.2. The van der Waals surface area contributed by atoms with Crippen LogP contribution >= 0.6 is 20.2 Å². The van der Waals surface area contributed by atoms with Crippen molar-refractivity contribution in [1.29, 1.82) is 0 Å². The molecule has 0 saturated carbocycles. The second kappa shape index (κ2) is 7.89. The van der Waals surface area contributed by atoms with Gasteiger partial charge in [0.15, 0.2) is 0 Å². The minimum atomic E-state index is -2.90. The van der Waals surface area contributed by atoms with Crippen LogP contribution < -0.4 is 4.46 Å². The van der Waals surface area contributed by atoms with Crippen LogP contribution in [0.15, 0.2) is 35.4 Å². The van der Waals surface area contributed by atoms with Crippen LogP contribution in [0.1, 0.15) is 27.2 Å². The van der Waals surface area contributed by atoms with Crippen LogP contribution in [0.2, 0.25) is 5.32 Å². The van der Waals surface area contributed by atoms with Crippen LogP contribution in [0, 0.1) is 5.92 Å². The van der Waals surface area contributed by atoms with Gasteiger partial charge in [0, 0.05) is 0 Å². The summed E-state index contributed by atoms with van der Waals surface area (Å²) in [6, 6.07) is 9.56. The van der Waals surface area contributed by atoms with E-state index in [1.54, 1.807) is 6.92 Å². The van der Waals surface area contributed by atoms with E-state index in [-0.39, 0.29) is 12.0 Å². The number of carbonyl (C=O) groups excluding carboxylic acids is 1. The Morgan fingerprint density at radius 3 is 2.61 bits per heavy atom. The SMILES string of the molecule is CCOC(=O)N1N=C(C(C)C)CC1C[Se](Cl)(Cl)c1ccccc1. The zero-order valence-electron chi connectivity index (χ0n) is 13.5. The summed E-state index contributed by atoms with van der Waals surface area (Å²) >= 11 is -2.90. The fraction of sp³-hybridized carbons (Fsp3) is 0.500. The summed E-state index contributed by atoms with van der Waals surface area (Å²) in [4.78, 5) is 12.2. The van der Waals surface area contributed by atoms with Gasteiger partial charge in [0.1, 0.15) is 0 Å². The first-order chi connectivity index (χ1) is 10.8. The van der Waals surface area contributed by atoms with E-state index in [1.165, 1.54) is 5.01 Å². The molecular formula is C16H22Cl2N2O2Se. The average molecular weight is 424 g/mol. The molecule has 7 heteroatoms. The van der Waals surface area contributed by atoms with Crippen molar-refractivity contribution in [3.05, 3.63) is 30.3 Å². The Bertz CT molecular complexity index is 579. The van der Waals surface area contributed by atoms with Gasteiger partial charge in [0.05, 0.1) is 0 Å². The van der Waals surface area contributed by atoms with E-state index in [4.69, 9.17) is 24.9 Å². The van der Waals surface area contributed by atoms with Gasteiger partial charge in [-0.05, 0) is 0 Å². The molecule has 1 atom stereocenters. The number of amides is 1. The van der Waals surface area contributed by atoms with Gasteiger partial charge in [-0.15, -0.1) is 0 Å². The van der Waals surface area contributed by atoms with Crippen LogP contribution in [0.3, 0.4) is 0 Å². The molecule has 1 unspecified atom stereocenters. The van der Waals surface area contributed by atoms with E-state index < -0.39 is 17.1 Å². The molecule has 0 saturated heterocycles. The third-order valence-corrected chi connectivity index (χ3v) is 10.5. The molecule has 1 amide bonds. The molecule has 0 radical (unpaired) electrons. The molecule has 0 aromatic heterocycles. The number of nitrogens with zero attached hydrogens (tertiary/aromatic N) is 2. The van der Waals surface area contributed by atoms with E-state index in [9.17, 15) is 4.79 Å². The Morgan fingerprint density at radius 1 is 1.39 bits per heavy atom. The molecule has 1 aromatic carbocycles. The van der Waals surface area contributed by atoms with Crippen molar-refractivity contribution in [3.63, 3.8) is 0 Å². The molecule has 1 aliphatic rings. The number of ether oxygens (including phenoxy) is 1. The van der Waals surface area contributed by atoms with Gasteiger partial charge in [-0.2, -0.15) is 0 Å². The number of hydrogen-bond acceptors (Lipinski definition) is 3. The number of rotatable bonds is 5. The molecule has 2 rings (SSSR count). The zero-order chi connectivity index (χ0) is 17.0. The van der Waals surface area contributed by atoms with Crippen LogP contribution in [-0.4, -0.2) is 40.5 Å². The summed E-state index contributed by atoms with van der Waals surface area (Å²) in [7, 11) is 13.4. The van der Waals surface area contributed by atoms with Crippen LogP contribution in [0.4, 0.5) is 4.79 Å². The van der Waals surface area contributed by atoms with E-state index in [2.05, 4.69) is 18.9 Å². The molecule has 23 heavy (non-hydrogen) atoms. The molecule has 4 nitrogen and oxygen atoms in total. The molecule has 0 N–H and O–H groups in total. The van der Waals surface area contributed by atoms with Crippen LogP contribution in [-0.2, 0) is 4.74 Å². The number of hydrogen-bond donors (Lipinski definition) is 0. The molecule has 0 bridgehead atoms. The molecule has 1 aromatic rings. The Hall–Kier alpha value is -0.741. The van der Waals surface area contributed by atoms with E-state index in [1.807, 2.05) is 30.3 Å². The molecule has 0 aliphatic carbocycles. The van der Waals surface area contributed by atoms with Gasteiger partial charge < -0.3 is 0 Å². The second-order valence-electron chi connectivity index (χ2n) is 5.70. The van der Waals surface area contributed by atoms with Crippen molar-refractivity contribution in [3.8, 4) is 0 Å². The summed E-state index contributed by atoms with van der Waals surface area (Å²) in [5.41, 5.74) is 0.984. The maximum atomic E-state index is 12.2. The third-order valence-electron chi connectivity index (χ3n) is 3.64. The summed E-state index contributed by atoms with van der Waals surface area (Å²) in [6.45, 7) is 6.23. The first-order valence-corrected chi connectivity index (χ1v) is 14.2. The van der Waals surface area contributed by atoms with Crippen molar-refractivity contribution in [2.24, 2.45) is 11.0 Å². The van der Waals surface area contributed by atoms with E-state index in [0.29, 0.717) is 18.3 Å². The van der Waals surface area contributed by atoms with Crippen molar-refractivity contribution in [2.75, 3.05) is 6.61 Å². The Kier molecular flexibility index (Phi) is 6.38. The van der Waals surface area contributed by atoms with Gasteiger partial charge in [-0.25, -0.2) is 0 Å². The molecule has 0 spiro atoms. The first kappa shape index (κ1) is 18.6. The monoisotopic (exact) mass is 424 g/mol. The number of hydrazone groups is 1. The van der Waals surface area contributed by atoms with E-state index in [0.717, 1.165) is 10.2 Å². The van der Waals surface area contributed by atoms with Crippen molar-refractivity contribution < 1.29 is 9.53 Å². The Morgan fingerprint density at radius 2 is 2.04 bits per heavy atom. The van der Waals surface area contributed by atoms with Crippen molar-refractivity contribution in [2.45, 2.75) is 38.6 Å². The molecule has 128 valence electrons. The molecular weight excluding hydrogens is 402 g/mol. The number of carbonyl (C=O) groups is 1. The molecule has 1 heterocycles. The topological polar surface area (TPSA) is 41.9 Å². The van der Waals surface area contributed by atoms with Gasteiger partial charge in [-0.3, -0.25) is 0 Å². The number of benzene rings is 1. The molecule has 1 aliphatic heterocycles. The molecule has 0 fully saturated rings. The van der Waals surface area contributed by atoms with Crippen molar-refractivity contribution in [1.82, 2.24) is 5.01 Å². The normalized spacial score (nSPS) is 19.0. The fourth-order valence-corrected chi connectivity index (χ4v) is 8.11. The number of halogens is 2. The predicted octanol–water partition coefficient (Wildman–Crippen LogP) is 4.06. The standard InChI is InChI=1S/C16H22Cl2N2O2Se/c1-4-22-16(21)20-13(10-15(19-20)12(2)3)11-23(17,18)14-8-6-5-7-9-14/h5-9,12-13H,4,10-11H2,1-3H3. The van der Waals surface area contributed by atoms with Gasteiger partial charge in [0.25, 0.3) is 0 Å². The van der Waals surface area contributed by atoms with Gasteiger partial charge in [0.2, 0.25) is 0 Å². The summed E-state index contributed by atoms with van der Waals surface area (Å²) < 4.78 is 6.08.